The molecule has 0 aliphatic rings. The molecule has 0 aromatic carbocycles. The topological polar surface area (TPSA) is 56.1 Å². The van der Waals surface area contributed by atoms with Gasteiger partial charge in [-0.1, -0.05) is 6.92 Å². The molecule has 0 radical (unpaired) electrons. The molecular weight excluding hydrogens is 206 g/mol. The summed E-state index contributed by atoms with van der Waals surface area (Å²) < 4.78 is 6.61. The van der Waals surface area contributed by atoms with Crippen LogP contribution in [0.2, 0.25) is 0 Å². The molecule has 0 unspecified atom stereocenters. The summed E-state index contributed by atoms with van der Waals surface area (Å²) in [7, 11) is 1.90. The van der Waals surface area contributed by atoms with E-state index in [-0.39, 0.29) is 12.5 Å². The molecule has 0 fully saturated rings. The molecule has 1 N–H and O–H groups in total. The van der Waals surface area contributed by atoms with Crippen LogP contribution < -0.4 is 5.32 Å². The number of esters is 1. The Balaban J connectivity index is 2.39. The number of carbonyl (C=O) groups is 1. The van der Waals surface area contributed by atoms with Crippen molar-refractivity contribution >= 4 is 5.97 Å². The second kappa shape index (κ2) is 6.27. The van der Waals surface area contributed by atoms with Gasteiger partial charge in [0.2, 0.25) is 0 Å². The Morgan fingerprint density at radius 2 is 2.31 bits per heavy atom. The fraction of sp³-hybridized carbons (Fsp3) is 0.636. The normalized spacial score (nSPS) is 10.4. The minimum absolute atomic E-state index is 0.218. The molecule has 0 saturated carbocycles. The quantitative estimate of drug-likeness (QED) is 0.722. The first kappa shape index (κ1) is 12.7. The van der Waals surface area contributed by atoms with E-state index in [1.165, 1.54) is 0 Å². The Hall–Kier alpha value is -1.36. The highest BCUT2D eigenvalue weighted by molar-refractivity contribution is 5.71. The van der Waals surface area contributed by atoms with Crippen LogP contribution in [0.4, 0.5) is 0 Å². The second-order valence-corrected chi connectivity index (χ2v) is 3.54. The molecule has 0 amide bonds. The first-order chi connectivity index (χ1) is 7.67. The average Bonchev–Trinajstić information content (AvgIpc) is 2.59. The summed E-state index contributed by atoms with van der Waals surface area (Å²) >= 11 is 0. The lowest BCUT2D eigenvalue weighted by Crippen LogP contribution is -2.24. The second-order valence-electron chi connectivity index (χ2n) is 3.54. The third-order valence-electron chi connectivity index (χ3n) is 2.22. The first-order valence-corrected chi connectivity index (χ1v) is 5.55. The van der Waals surface area contributed by atoms with Crippen molar-refractivity contribution in [2.24, 2.45) is 7.05 Å². The third-order valence-corrected chi connectivity index (χ3v) is 2.22. The molecule has 5 nitrogen and oxygen atoms in total. The van der Waals surface area contributed by atoms with Gasteiger partial charge in [0, 0.05) is 25.4 Å². The molecule has 0 aliphatic carbocycles. The molecule has 0 saturated heterocycles. The molecule has 1 aromatic heterocycles. The minimum atomic E-state index is -0.218. The van der Waals surface area contributed by atoms with Crippen molar-refractivity contribution in [2.75, 3.05) is 13.2 Å². The van der Waals surface area contributed by atoms with Crippen LogP contribution in [0.25, 0.3) is 0 Å². The van der Waals surface area contributed by atoms with Crippen molar-refractivity contribution in [2.45, 2.75) is 26.8 Å². The van der Waals surface area contributed by atoms with Gasteiger partial charge in [0.05, 0.1) is 18.8 Å². The number of hydrogen-bond donors (Lipinski definition) is 1. The summed E-state index contributed by atoms with van der Waals surface area (Å²) in [6.07, 6.45) is 2.87. The number of nitrogens with one attached hydrogen (secondary N) is 1. The van der Waals surface area contributed by atoms with Gasteiger partial charge in [-0.3, -0.25) is 9.48 Å². The fourth-order valence-corrected chi connectivity index (χ4v) is 1.54. The zero-order valence-electron chi connectivity index (χ0n) is 10.1. The maximum Gasteiger partial charge on any atom is 0.319 e. The van der Waals surface area contributed by atoms with E-state index >= 15 is 0 Å². The lowest BCUT2D eigenvalue weighted by molar-refractivity contribution is -0.142. The molecule has 0 aliphatic heterocycles. The summed E-state index contributed by atoms with van der Waals surface area (Å²) in [6.45, 7) is 5.18. The number of rotatable bonds is 6. The molecular formula is C11H19N3O2. The van der Waals surface area contributed by atoms with Gasteiger partial charge in [-0.05, 0) is 13.3 Å². The predicted molar refractivity (Wildman–Crippen MR) is 60.9 cm³/mol. The van der Waals surface area contributed by atoms with Crippen LogP contribution in [0, 0.1) is 0 Å². The van der Waals surface area contributed by atoms with E-state index < -0.39 is 0 Å². The van der Waals surface area contributed by atoms with E-state index in [1.807, 2.05) is 13.2 Å². The molecule has 5 heteroatoms. The van der Waals surface area contributed by atoms with E-state index in [1.54, 1.807) is 11.6 Å². The van der Waals surface area contributed by atoms with E-state index in [4.69, 9.17) is 4.74 Å². The van der Waals surface area contributed by atoms with Gasteiger partial charge in [0.25, 0.3) is 0 Å². The van der Waals surface area contributed by atoms with Crippen molar-refractivity contribution in [1.82, 2.24) is 15.1 Å². The lowest BCUT2D eigenvalue weighted by Gasteiger charge is -2.03. The van der Waals surface area contributed by atoms with Crippen LogP contribution in [0.5, 0.6) is 0 Å². The number of nitrogens with zero attached hydrogens (tertiary/aromatic N) is 2. The van der Waals surface area contributed by atoms with E-state index in [9.17, 15) is 4.79 Å². The fourth-order valence-electron chi connectivity index (χ4n) is 1.54. The van der Waals surface area contributed by atoms with Crippen LogP contribution in [0.3, 0.4) is 0 Å². The molecule has 16 heavy (non-hydrogen) atoms. The van der Waals surface area contributed by atoms with Crippen molar-refractivity contribution in [3.8, 4) is 0 Å². The highest BCUT2D eigenvalue weighted by Crippen LogP contribution is 2.06. The molecule has 1 rings (SSSR count). The van der Waals surface area contributed by atoms with Crippen LogP contribution in [0.1, 0.15) is 25.1 Å². The zero-order valence-corrected chi connectivity index (χ0v) is 10.1. The van der Waals surface area contributed by atoms with Gasteiger partial charge in [0.1, 0.15) is 0 Å². The maximum atomic E-state index is 11.1. The Bertz CT molecular complexity index is 347. The monoisotopic (exact) mass is 225 g/mol. The van der Waals surface area contributed by atoms with Crippen LogP contribution in [-0.2, 0) is 29.5 Å². The van der Waals surface area contributed by atoms with E-state index in [0.717, 1.165) is 17.7 Å². The van der Waals surface area contributed by atoms with Crippen LogP contribution in [0.15, 0.2) is 6.20 Å². The Morgan fingerprint density at radius 1 is 1.56 bits per heavy atom. The number of aryl methyl sites for hydroxylation is 2. The van der Waals surface area contributed by atoms with E-state index in [2.05, 4.69) is 17.3 Å². The SMILES string of the molecule is CCOC(=O)CNCc1cn(C)nc1CC. The molecule has 90 valence electrons. The van der Waals surface area contributed by atoms with Gasteiger partial charge in [-0.15, -0.1) is 0 Å². The summed E-state index contributed by atoms with van der Waals surface area (Å²) in [4.78, 5) is 11.1. The lowest BCUT2D eigenvalue weighted by atomic mass is 10.2. The molecule has 1 aromatic rings. The Kier molecular flexibility index (Phi) is 4.98. The van der Waals surface area contributed by atoms with Crippen LogP contribution >= 0.6 is 0 Å². The summed E-state index contributed by atoms with van der Waals surface area (Å²) in [5.41, 5.74) is 2.20. The summed E-state index contributed by atoms with van der Waals surface area (Å²) in [5.74, 6) is -0.218. The van der Waals surface area contributed by atoms with E-state index in [0.29, 0.717) is 13.2 Å². The van der Waals surface area contributed by atoms with Crippen molar-refractivity contribution < 1.29 is 9.53 Å². The Labute approximate surface area is 95.8 Å². The summed E-state index contributed by atoms with van der Waals surface area (Å²) in [5, 5.41) is 7.37. The van der Waals surface area contributed by atoms with Crippen LogP contribution in [-0.4, -0.2) is 28.9 Å². The number of aromatic nitrogens is 2. The van der Waals surface area contributed by atoms with Crippen molar-refractivity contribution in [1.29, 1.82) is 0 Å². The molecule has 0 atom stereocenters. The number of hydrogen-bond acceptors (Lipinski definition) is 4. The van der Waals surface area contributed by atoms with Gasteiger partial charge >= 0.3 is 5.97 Å². The Morgan fingerprint density at radius 3 is 2.94 bits per heavy atom. The molecule has 1 heterocycles. The summed E-state index contributed by atoms with van der Waals surface area (Å²) in [6, 6.07) is 0. The van der Waals surface area contributed by atoms with Gasteiger partial charge in [-0.2, -0.15) is 5.10 Å². The highest BCUT2D eigenvalue weighted by atomic mass is 16.5. The average molecular weight is 225 g/mol. The van der Waals surface area contributed by atoms with Gasteiger partial charge in [0.15, 0.2) is 0 Å². The standard InChI is InChI=1S/C11H19N3O2/c1-4-10-9(8-14(3)13-10)6-12-7-11(15)16-5-2/h8,12H,4-7H2,1-3H3. The van der Waals surface area contributed by atoms with Crippen molar-refractivity contribution in [3.63, 3.8) is 0 Å². The first-order valence-electron chi connectivity index (χ1n) is 5.55. The van der Waals surface area contributed by atoms with Gasteiger partial charge < -0.3 is 10.1 Å². The largest absolute Gasteiger partial charge is 0.465 e. The number of carbonyl (C=O) groups excluding carboxylic acids is 1. The van der Waals surface area contributed by atoms with Crippen molar-refractivity contribution in [3.05, 3.63) is 17.5 Å². The maximum absolute atomic E-state index is 11.1. The van der Waals surface area contributed by atoms with Gasteiger partial charge in [-0.25, -0.2) is 0 Å². The third kappa shape index (κ3) is 3.66. The zero-order chi connectivity index (χ0) is 12.0. The number of ether oxygens (including phenoxy) is 1. The predicted octanol–water partition coefficient (Wildman–Crippen LogP) is 0.635. The highest BCUT2D eigenvalue weighted by Gasteiger charge is 2.06. The molecule has 0 bridgehead atoms. The minimum Gasteiger partial charge on any atom is -0.465 e. The molecule has 0 spiro atoms. The smallest absolute Gasteiger partial charge is 0.319 e.